The Balaban J connectivity index is 2.41. The minimum Gasteiger partial charge on any atom is -0.480 e. The van der Waals surface area contributed by atoms with E-state index in [1.807, 2.05) is 4.90 Å². The molecule has 1 aromatic heterocycles. The molecule has 4 N–H and O–H groups in total. The lowest BCUT2D eigenvalue weighted by molar-refractivity contribution is -0.383. The minimum absolute atomic E-state index is 0.0311. The number of nitrogen functional groups attached to an aromatic ring is 1. The van der Waals surface area contributed by atoms with Gasteiger partial charge in [-0.2, -0.15) is 9.97 Å². The number of hydrogen-bond donors (Lipinski definition) is 3. The average molecular weight is 324 g/mol. The number of nitro groups is 1. The molecular weight excluding hydrogens is 304 g/mol. The van der Waals surface area contributed by atoms with Gasteiger partial charge in [0, 0.05) is 13.1 Å². The number of carboxylic acids is 1. The van der Waals surface area contributed by atoms with Crippen molar-refractivity contribution >= 4 is 29.2 Å². The summed E-state index contributed by atoms with van der Waals surface area (Å²) in [5, 5.41) is 22.5. The monoisotopic (exact) mass is 324 g/mol. The van der Waals surface area contributed by atoms with Gasteiger partial charge in [0.15, 0.2) is 0 Å². The van der Waals surface area contributed by atoms with Gasteiger partial charge in [-0.05, 0) is 18.3 Å². The molecule has 2 rings (SSSR count). The topological polar surface area (TPSA) is 148 Å². The van der Waals surface area contributed by atoms with Crippen molar-refractivity contribution in [1.82, 2.24) is 9.97 Å². The van der Waals surface area contributed by atoms with Gasteiger partial charge in [-0.15, -0.1) is 0 Å². The fourth-order valence-electron chi connectivity index (χ4n) is 2.93. The number of nitrogens with zero attached hydrogens (tertiary/aromatic N) is 4. The smallest absolute Gasteiger partial charge is 0.353 e. The summed E-state index contributed by atoms with van der Waals surface area (Å²) in [5.41, 5.74) is 5.36. The Morgan fingerprint density at radius 2 is 2.04 bits per heavy atom. The van der Waals surface area contributed by atoms with E-state index in [2.05, 4.69) is 29.1 Å². The summed E-state index contributed by atoms with van der Waals surface area (Å²) in [4.78, 5) is 31.1. The molecule has 2 heterocycles. The van der Waals surface area contributed by atoms with Gasteiger partial charge in [0.05, 0.1) is 4.92 Å². The second-order valence-electron chi connectivity index (χ2n) is 5.96. The first-order valence-corrected chi connectivity index (χ1v) is 7.30. The highest BCUT2D eigenvalue weighted by molar-refractivity contribution is 5.74. The maximum absolute atomic E-state index is 11.3. The molecule has 1 aromatic rings. The summed E-state index contributed by atoms with van der Waals surface area (Å²) in [7, 11) is 0. The molecule has 0 spiro atoms. The molecule has 2 atom stereocenters. The molecule has 23 heavy (non-hydrogen) atoms. The zero-order chi connectivity index (χ0) is 17.1. The Morgan fingerprint density at radius 3 is 2.57 bits per heavy atom. The van der Waals surface area contributed by atoms with E-state index in [9.17, 15) is 14.9 Å². The largest absolute Gasteiger partial charge is 0.480 e. The van der Waals surface area contributed by atoms with E-state index in [1.54, 1.807) is 0 Å². The second kappa shape index (κ2) is 6.63. The van der Waals surface area contributed by atoms with E-state index in [4.69, 9.17) is 10.8 Å². The third-order valence-electron chi connectivity index (χ3n) is 3.64. The molecule has 1 saturated heterocycles. The third-order valence-corrected chi connectivity index (χ3v) is 3.64. The Morgan fingerprint density at radius 1 is 1.43 bits per heavy atom. The minimum atomic E-state index is -1.09. The van der Waals surface area contributed by atoms with Crippen LogP contribution in [0.5, 0.6) is 0 Å². The molecule has 0 bridgehead atoms. The van der Waals surface area contributed by atoms with Crippen LogP contribution in [0.4, 0.5) is 23.3 Å². The quantitative estimate of drug-likeness (QED) is 0.531. The number of carboxylic acid groups (broad SMARTS) is 1. The van der Waals surface area contributed by atoms with Gasteiger partial charge in [-0.25, -0.2) is 0 Å². The molecular formula is C13H20N6O4. The molecule has 1 fully saturated rings. The van der Waals surface area contributed by atoms with Crippen LogP contribution in [0.1, 0.15) is 20.3 Å². The maximum Gasteiger partial charge on any atom is 0.353 e. The van der Waals surface area contributed by atoms with Crippen molar-refractivity contribution < 1.29 is 14.8 Å². The van der Waals surface area contributed by atoms with Gasteiger partial charge in [0.25, 0.3) is 0 Å². The van der Waals surface area contributed by atoms with Crippen molar-refractivity contribution in [2.24, 2.45) is 11.8 Å². The predicted octanol–water partition coefficient (Wildman–Crippen LogP) is 0.946. The molecule has 10 nitrogen and oxygen atoms in total. The molecule has 0 aliphatic carbocycles. The maximum atomic E-state index is 11.3. The van der Waals surface area contributed by atoms with Gasteiger partial charge < -0.3 is 21.1 Å². The first kappa shape index (κ1) is 16.7. The lowest BCUT2D eigenvalue weighted by Gasteiger charge is -2.35. The normalized spacial score (nSPS) is 21.0. The molecule has 10 heteroatoms. The van der Waals surface area contributed by atoms with Crippen LogP contribution in [0.3, 0.4) is 0 Å². The lowest BCUT2D eigenvalue weighted by atomic mass is 9.92. The zero-order valence-corrected chi connectivity index (χ0v) is 13.0. The van der Waals surface area contributed by atoms with Crippen LogP contribution in [-0.2, 0) is 4.79 Å². The molecule has 0 aromatic carbocycles. The average Bonchev–Trinajstić information content (AvgIpc) is 2.42. The summed E-state index contributed by atoms with van der Waals surface area (Å²) >= 11 is 0. The van der Waals surface area contributed by atoms with Gasteiger partial charge in [0.2, 0.25) is 17.6 Å². The van der Waals surface area contributed by atoms with Crippen LogP contribution in [-0.4, -0.2) is 45.6 Å². The lowest BCUT2D eigenvalue weighted by Crippen LogP contribution is -2.39. The summed E-state index contributed by atoms with van der Waals surface area (Å²) in [6, 6.07) is 0. The molecule has 2 unspecified atom stereocenters. The SMILES string of the molecule is CC1CC(C)CN(c2nc(NCC(=O)O)nc(N)c2[N+](=O)[O-])C1. The number of nitrogens with two attached hydrogens (primary N) is 1. The third kappa shape index (κ3) is 3.96. The van der Waals surface area contributed by atoms with E-state index in [0.29, 0.717) is 24.9 Å². The number of aliphatic carboxylic acids is 1. The van der Waals surface area contributed by atoms with Crippen molar-refractivity contribution in [3.05, 3.63) is 10.1 Å². The highest BCUT2D eigenvalue weighted by Gasteiger charge is 2.31. The van der Waals surface area contributed by atoms with Crippen LogP contribution in [0.15, 0.2) is 0 Å². The van der Waals surface area contributed by atoms with E-state index in [0.717, 1.165) is 6.42 Å². The number of anilines is 3. The van der Waals surface area contributed by atoms with Crippen LogP contribution in [0, 0.1) is 22.0 Å². The summed E-state index contributed by atoms with van der Waals surface area (Å²) in [6.45, 7) is 4.99. The fraction of sp³-hybridized carbons (Fsp3) is 0.615. The predicted molar refractivity (Wildman–Crippen MR) is 84.4 cm³/mol. The fourth-order valence-corrected chi connectivity index (χ4v) is 2.93. The van der Waals surface area contributed by atoms with Crippen LogP contribution < -0.4 is 16.0 Å². The Hall–Kier alpha value is -2.65. The zero-order valence-electron chi connectivity index (χ0n) is 13.0. The standard InChI is InChI=1S/C13H20N6O4/c1-7-3-8(2)6-18(5-7)12-10(19(22)23)11(14)16-13(17-12)15-4-9(20)21/h7-8H,3-6H2,1-2H3,(H,20,21)(H3,14,15,16,17). The Bertz CT molecular complexity index is 613. The highest BCUT2D eigenvalue weighted by atomic mass is 16.6. The first-order chi connectivity index (χ1) is 10.8. The Kier molecular flexibility index (Phi) is 4.82. The number of nitrogens with one attached hydrogen (secondary N) is 1. The van der Waals surface area contributed by atoms with Crippen molar-refractivity contribution in [2.75, 3.05) is 35.6 Å². The van der Waals surface area contributed by atoms with Crippen LogP contribution >= 0.6 is 0 Å². The van der Waals surface area contributed by atoms with Gasteiger partial charge in [-0.3, -0.25) is 14.9 Å². The van der Waals surface area contributed by atoms with Gasteiger partial charge in [0.1, 0.15) is 6.54 Å². The molecule has 0 saturated carbocycles. The number of piperidine rings is 1. The van der Waals surface area contributed by atoms with E-state index in [-0.39, 0.29) is 23.3 Å². The van der Waals surface area contributed by atoms with E-state index in [1.165, 1.54) is 0 Å². The molecule has 1 aliphatic heterocycles. The van der Waals surface area contributed by atoms with Crippen molar-refractivity contribution in [1.29, 1.82) is 0 Å². The second-order valence-corrected chi connectivity index (χ2v) is 5.96. The van der Waals surface area contributed by atoms with Gasteiger partial charge in [-0.1, -0.05) is 13.8 Å². The van der Waals surface area contributed by atoms with Crippen LogP contribution in [0.25, 0.3) is 0 Å². The summed E-state index contributed by atoms with van der Waals surface area (Å²) in [6.07, 6.45) is 1.04. The first-order valence-electron chi connectivity index (χ1n) is 7.30. The van der Waals surface area contributed by atoms with Crippen molar-refractivity contribution in [3.8, 4) is 0 Å². The Labute approximate surface area is 132 Å². The number of hydrogen-bond acceptors (Lipinski definition) is 8. The van der Waals surface area contributed by atoms with E-state index < -0.39 is 17.4 Å². The number of rotatable bonds is 5. The number of carbonyl (C=O) groups is 1. The summed E-state index contributed by atoms with van der Waals surface area (Å²) in [5.74, 6) is -0.536. The van der Waals surface area contributed by atoms with Crippen molar-refractivity contribution in [3.63, 3.8) is 0 Å². The van der Waals surface area contributed by atoms with Crippen molar-refractivity contribution in [2.45, 2.75) is 20.3 Å². The molecule has 1 aliphatic rings. The van der Waals surface area contributed by atoms with E-state index >= 15 is 0 Å². The molecule has 126 valence electrons. The summed E-state index contributed by atoms with van der Waals surface area (Å²) < 4.78 is 0. The van der Waals surface area contributed by atoms with Crippen LogP contribution in [0.2, 0.25) is 0 Å². The number of aromatic nitrogens is 2. The van der Waals surface area contributed by atoms with Gasteiger partial charge >= 0.3 is 11.7 Å². The highest BCUT2D eigenvalue weighted by Crippen LogP contribution is 2.35. The molecule has 0 amide bonds. The molecule has 0 radical (unpaired) electrons.